The third-order valence-corrected chi connectivity index (χ3v) is 2.88. The Bertz CT molecular complexity index is 690. The second kappa shape index (κ2) is 5.83. The Hall–Kier alpha value is -2.55. The number of aromatic nitrogens is 1. The summed E-state index contributed by atoms with van der Waals surface area (Å²) in [5.41, 5.74) is -0.380. The lowest BCUT2D eigenvalue weighted by molar-refractivity contribution is -0.137. The van der Waals surface area contributed by atoms with Crippen molar-refractivity contribution in [1.82, 2.24) is 4.98 Å². The van der Waals surface area contributed by atoms with Crippen LogP contribution in [-0.2, 0) is 12.6 Å². The van der Waals surface area contributed by atoms with E-state index in [1.54, 1.807) is 6.07 Å². The topological polar surface area (TPSA) is 45.9 Å². The first-order chi connectivity index (χ1) is 9.97. The molecule has 0 saturated carbocycles. The van der Waals surface area contributed by atoms with Crippen LogP contribution in [0.15, 0.2) is 36.4 Å². The Balaban J connectivity index is 2.66. The molecule has 0 fully saturated rings. The van der Waals surface area contributed by atoms with Crippen LogP contribution in [0.3, 0.4) is 0 Å². The summed E-state index contributed by atoms with van der Waals surface area (Å²) in [5.74, 6) is 0.230. The van der Waals surface area contributed by atoms with E-state index < -0.39 is 11.7 Å². The highest BCUT2D eigenvalue weighted by Crippen LogP contribution is 2.39. The zero-order chi connectivity index (χ0) is 15.5. The fourth-order valence-corrected chi connectivity index (χ4v) is 1.96. The molecule has 1 aromatic heterocycles. The first-order valence-corrected chi connectivity index (χ1v) is 6.05. The second-order valence-electron chi connectivity index (χ2n) is 4.23. The fraction of sp³-hybridized carbons (Fsp3) is 0.200. The summed E-state index contributed by atoms with van der Waals surface area (Å²) in [6, 6.07) is 10.1. The van der Waals surface area contributed by atoms with Gasteiger partial charge in [0.15, 0.2) is 0 Å². The summed E-state index contributed by atoms with van der Waals surface area (Å²) < 4.78 is 44.4. The summed E-state index contributed by atoms with van der Waals surface area (Å²) in [6.45, 7) is 0. The van der Waals surface area contributed by atoms with Crippen LogP contribution in [0.5, 0.6) is 5.75 Å². The average Bonchev–Trinajstić information content (AvgIpc) is 2.46. The van der Waals surface area contributed by atoms with Gasteiger partial charge in [0.2, 0.25) is 0 Å². The second-order valence-corrected chi connectivity index (χ2v) is 4.23. The maximum Gasteiger partial charge on any atom is 0.417 e. The number of nitrogens with zero attached hydrogens (tertiary/aromatic N) is 2. The predicted molar refractivity (Wildman–Crippen MR) is 70.5 cm³/mol. The van der Waals surface area contributed by atoms with Gasteiger partial charge in [-0.25, -0.2) is 4.98 Å². The van der Waals surface area contributed by atoms with Crippen LogP contribution in [0.4, 0.5) is 13.2 Å². The first-order valence-electron chi connectivity index (χ1n) is 6.05. The van der Waals surface area contributed by atoms with Gasteiger partial charge < -0.3 is 4.74 Å². The molecule has 0 saturated heterocycles. The highest BCUT2D eigenvalue weighted by atomic mass is 19.4. The van der Waals surface area contributed by atoms with Gasteiger partial charge >= 0.3 is 6.18 Å². The fourth-order valence-electron chi connectivity index (χ4n) is 1.96. The van der Waals surface area contributed by atoms with E-state index in [9.17, 15) is 13.2 Å². The van der Waals surface area contributed by atoms with Crippen molar-refractivity contribution in [1.29, 1.82) is 5.26 Å². The molecule has 6 heteroatoms. The highest BCUT2D eigenvalue weighted by molar-refractivity contribution is 5.70. The molecule has 0 N–H and O–H groups in total. The molecular weight excluding hydrogens is 281 g/mol. The van der Waals surface area contributed by atoms with E-state index in [2.05, 4.69) is 4.98 Å². The molecule has 1 aromatic carbocycles. The minimum absolute atomic E-state index is 0.0190. The van der Waals surface area contributed by atoms with Crippen LogP contribution >= 0.6 is 0 Å². The summed E-state index contributed by atoms with van der Waals surface area (Å²) in [6.07, 6.45) is -4.47. The maximum atomic E-state index is 13.1. The van der Waals surface area contributed by atoms with Gasteiger partial charge in [-0.1, -0.05) is 18.2 Å². The van der Waals surface area contributed by atoms with E-state index in [0.29, 0.717) is 5.69 Å². The Morgan fingerprint density at radius 3 is 2.52 bits per heavy atom. The highest BCUT2D eigenvalue weighted by Gasteiger charge is 2.34. The van der Waals surface area contributed by atoms with Crippen molar-refractivity contribution in [3.8, 4) is 23.1 Å². The van der Waals surface area contributed by atoms with E-state index in [4.69, 9.17) is 10.00 Å². The lowest BCUT2D eigenvalue weighted by atomic mass is 10.0. The van der Waals surface area contributed by atoms with Gasteiger partial charge in [-0.2, -0.15) is 18.4 Å². The van der Waals surface area contributed by atoms with Crippen molar-refractivity contribution in [2.45, 2.75) is 12.6 Å². The summed E-state index contributed by atoms with van der Waals surface area (Å²) in [4.78, 5) is 4.13. The van der Waals surface area contributed by atoms with Crippen molar-refractivity contribution < 1.29 is 17.9 Å². The quantitative estimate of drug-likeness (QED) is 0.863. The number of alkyl halides is 3. The lowest BCUT2D eigenvalue weighted by Gasteiger charge is -2.15. The zero-order valence-corrected chi connectivity index (χ0v) is 11.1. The minimum Gasteiger partial charge on any atom is -0.494 e. The molecule has 0 aliphatic carbocycles. The molecule has 2 aromatic rings. The molecule has 21 heavy (non-hydrogen) atoms. The van der Waals surface area contributed by atoms with E-state index in [1.165, 1.54) is 31.4 Å². The Kier molecular flexibility index (Phi) is 4.13. The molecule has 3 nitrogen and oxygen atoms in total. The number of benzene rings is 1. The van der Waals surface area contributed by atoms with Gasteiger partial charge in [0.1, 0.15) is 11.4 Å². The molecule has 2 rings (SSSR count). The van der Waals surface area contributed by atoms with Crippen molar-refractivity contribution in [2.24, 2.45) is 0 Å². The van der Waals surface area contributed by atoms with Crippen LogP contribution in [0.1, 0.15) is 11.3 Å². The van der Waals surface area contributed by atoms with E-state index in [-0.39, 0.29) is 23.4 Å². The SMILES string of the molecule is COc1ccc(CC#N)nc1-c1ccccc1C(F)(F)F. The van der Waals surface area contributed by atoms with Gasteiger partial charge in [-0.3, -0.25) is 0 Å². The summed E-state index contributed by atoms with van der Waals surface area (Å²) in [5, 5.41) is 8.69. The van der Waals surface area contributed by atoms with Crippen molar-refractivity contribution >= 4 is 0 Å². The summed E-state index contributed by atoms with van der Waals surface area (Å²) in [7, 11) is 1.36. The molecular formula is C15H11F3N2O. The number of hydrogen-bond acceptors (Lipinski definition) is 3. The number of halogens is 3. The van der Waals surface area contributed by atoms with Crippen LogP contribution in [0.2, 0.25) is 0 Å². The third kappa shape index (κ3) is 3.14. The largest absolute Gasteiger partial charge is 0.494 e. The van der Waals surface area contributed by atoms with Crippen LogP contribution < -0.4 is 4.74 Å². The Morgan fingerprint density at radius 1 is 1.19 bits per heavy atom. The molecule has 0 aliphatic heterocycles. The molecule has 0 bridgehead atoms. The van der Waals surface area contributed by atoms with Crippen LogP contribution in [0, 0.1) is 11.3 Å². The molecule has 1 heterocycles. The van der Waals surface area contributed by atoms with E-state index in [1.807, 2.05) is 6.07 Å². The zero-order valence-electron chi connectivity index (χ0n) is 11.1. The van der Waals surface area contributed by atoms with Crippen molar-refractivity contribution in [2.75, 3.05) is 7.11 Å². The Labute approximate surface area is 119 Å². The number of hydrogen-bond donors (Lipinski definition) is 0. The monoisotopic (exact) mass is 292 g/mol. The molecule has 0 radical (unpaired) electrons. The molecule has 0 amide bonds. The number of pyridine rings is 1. The lowest BCUT2D eigenvalue weighted by Crippen LogP contribution is -2.08. The molecule has 0 atom stereocenters. The van der Waals surface area contributed by atoms with Crippen LogP contribution in [0.25, 0.3) is 11.3 Å². The predicted octanol–water partition coefficient (Wildman–Crippen LogP) is 3.84. The van der Waals surface area contributed by atoms with Crippen LogP contribution in [-0.4, -0.2) is 12.1 Å². The van der Waals surface area contributed by atoms with Gasteiger partial charge in [0.05, 0.1) is 30.9 Å². The molecule has 0 aliphatic rings. The first kappa shape index (κ1) is 14.9. The van der Waals surface area contributed by atoms with Gasteiger partial charge in [0, 0.05) is 5.56 Å². The average molecular weight is 292 g/mol. The van der Waals surface area contributed by atoms with Gasteiger partial charge in [0.25, 0.3) is 0 Å². The molecule has 0 unspecified atom stereocenters. The van der Waals surface area contributed by atoms with Crippen molar-refractivity contribution in [3.05, 3.63) is 47.7 Å². The third-order valence-electron chi connectivity index (χ3n) is 2.88. The molecule has 108 valence electrons. The number of rotatable bonds is 3. The normalized spacial score (nSPS) is 11.0. The number of ether oxygens (including phenoxy) is 1. The smallest absolute Gasteiger partial charge is 0.417 e. The Morgan fingerprint density at radius 2 is 1.90 bits per heavy atom. The van der Waals surface area contributed by atoms with Crippen molar-refractivity contribution in [3.63, 3.8) is 0 Å². The standard InChI is InChI=1S/C15H11F3N2O/c1-21-13-7-6-10(8-9-19)20-14(13)11-4-2-3-5-12(11)15(16,17)18/h2-7H,8H2,1H3. The van der Waals surface area contributed by atoms with E-state index in [0.717, 1.165) is 6.07 Å². The minimum atomic E-state index is -4.49. The molecule has 0 spiro atoms. The van der Waals surface area contributed by atoms with Gasteiger partial charge in [-0.05, 0) is 18.2 Å². The van der Waals surface area contributed by atoms with Gasteiger partial charge in [-0.15, -0.1) is 0 Å². The van der Waals surface area contributed by atoms with E-state index >= 15 is 0 Å². The maximum absolute atomic E-state index is 13.1. The number of nitriles is 1. The summed E-state index contributed by atoms with van der Waals surface area (Å²) >= 11 is 0. The number of methoxy groups -OCH3 is 1.